The van der Waals surface area contributed by atoms with Gasteiger partial charge >= 0.3 is 0 Å². The second kappa shape index (κ2) is 8.65. The van der Waals surface area contributed by atoms with Gasteiger partial charge in [0.1, 0.15) is 18.1 Å². The molecule has 6 heteroatoms. The summed E-state index contributed by atoms with van der Waals surface area (Å²) in [6, 6.07) is 22.7. The fraction of sp³-hybridized carbons (Fsp3) is 0.333. The van der Waals surface area contributed by atoms with Crippen LogP contribution in [-0.2, 0) is 11.2 Å². The lowest BCUT2D eigenvalue weighted by atomic mass is 9.71. The molecule has 172 valence electrons. The Morgan fingerprint density at radius 2 is 1.85 bits per heavy atom. The molecule has 3 N–H and O–H groups in total. The van der Waals surface area contributed by atoms with Gasteiger partial charge in [0.15, 0.2) is 11.2 Å². The van der Waals surface area contributed by atoms with Crippen molar-refractivity contribution in [3.63, 3.8) is 0 Å². The van der Waals surface area contributed by atoms with E-state index in [9.17, 15) is 10.2 Å². The Hall–Kier alpha value is -2.57. The lowest BCUT2D eigenvalue weighted by Crippen LogP contribution is -2.51. The number of aliphatic hydroxyl groups is 2. The van der Waals surface area contributed by atoms with Crippen molar-refractivity contribution >= 4 is 11.6 Å². The average molecular weight is 466 g/mol. The fourth-order valence-electron chi connectivity index (χ4n) is 5.42. The molecule has 0 bridgehead atoms. The summed E-state index contributed by atoms with van der Waals surface area (Å²) in [5.41, 5.74) is -0.493. The summed E-state index contributed by atoms with van der Waals surface area (Å²) in [5.74, 6) is 0.908. The van der Waals surface area contributed by atoms with Crippen LogP contribution in [0.1, 0.15) is 36.0 Å². The molecule has 1 fully saturated rings. The molecule has 33 heavy (non-hydrogen) atoms. The molecule has 1 saturated carbocycles. The molecular formula is C27H28ClNO4. The van der Waals surface area contributed by atoms with E-state index in [0.29, 0.717) is 35.1 Å². The van der Waals surface area contributed by atoms with Gasteiger partial charge < -0.3 is 25.0 Å². The van der Waals surface area contributed by atoms with Crippen LogP contribution in [0.5, 0.6) is 11.5 Å². The van der Waals surface area contributed by atoms with E-state index in [0.717, 1.165) is 24.2 Å². The van der Waals surface area contributed by atoms with Gasteiger partial charge in [-0.1, -0.05) is 61.0 Å². The lowest BCUT2D eigenvalue weighted by Gasteiger charge is -2.40. The molecular weight excluding hydrogens is 438 g/mol. The minimum absolute atomic E-state index is 0.273. The standard InChI is InChI=1S/C27H28ClNO4/c1-2-29-14-15-32-21-12-13-22-24(16-21)33-27(19-8-10-20(28)11-9-19)23(17-25(30)26(22,27)31)18-6-4-3-5-7-18/h3-13,16,23,25,29-31H,2,14-15,17H2,1H3. The Balaban J connectivity index is 1.62. The highest BCUT2D eigenvalue weighted by Crippen LogP contribution is 2.66. The molecule has 3 aromatic rings. The number of fused-ring (bicyclic) bond motifs is 3. The van der Waals surface area contributed by atoms with Gasteiger partial charge in [-0.15, -0.1) is 0 Å². The predicted molar refractivity (Wildman–Crippen MR) is 128 cm³/mol. The molecule has 0 aromatic heterocycles. The van der Waals surface area contributed by atoms with Gasteiger partial charge in [0.25, 0.3) is 0 Å². The van der Waals surface area contributed by atoms with Crippen LogP contribution < -0.4 is 14.8 Å². The van der Waals surface area contributed by atoms with Crippen LogP contribution in [0.15, 0.2) is 72.8 Å². The number of aliphatic hydroxyl groups excluding tert-OH is 1. The third kappa shape index (κ3) is 3.42. The minimum atomic E-state index is -1.63. The SMILES string of the molecule is CCNCCOc1ccc2c(c1)OC1(c3ccc(Cl)cc3)C(c3ccccc3)CC(O)C21O. The minimum Gasteiger partial charge on any atom is -0.492 e. The highest BCUT2D eigenvalue weighted by atomic mass is 35.5. The van der Waals surface area contributed by atoms with Crippen LogP contribution in [0, 0.1) is 0 Å². The van der Waals surface area contributed by atoms with Gasteiger partial charge in [0, 0.05) is 29.1 Å². The second-order valence-corrected chi connectivity index (χ2v) is 9.12. The summed E-state index contributed by atoms with van der Waals surface area (Å²) in [5, 5.41) is 27.4. The predicted octanol–water partition coefficient (Wildman–Crippen LogP) is 4.35. The fourth-order valence-corrected chi connectivity index (χ4v) is 5.54. The Morgan fingerprint density at radius 1 is 1.09 bits per heavy atom. The average Bonchev–Trinajstić information content (AvgIpc) is 3.23. The van der Waals surface area contributed by atoms with Crippen molar-refractivity contribution in [1.82, 2.24) is 5.32 Å². The molecule has 0 amide bonds. The zero-order valence-corrected chi connectivity index (χ0v) is 19.3. The maximum Gasteiger partial charge on any atom is 0.176 e. The lowest BCUT2D eigenvalue weighted by molar-refractivity contribution is -0.149. The van der Waals surface area contributed by atoms with Crippen LogP contribution in [0.3, 0.4) is 0 Å². The maximum absolute atomic E-state index is 12.2. The molecule has 0 saturated heterocycles. The first-order chi connectivity index (χ1) is 16.0. The molecule has 4 atom stereocenters. The molecule has 0 spiro atoms. The Morgan fingerprint density at radius 3 is 2.58 bits per heavy atom. The number of ether oxygens (including phenoxy) is 2. The van der Waals surface area contributed by atoms with E-state index >= 15 is 0 Å². The Bertz CT molecular complexity index is 1120. The van der Waals surface area contributed by atoms with E-state index in [1.165, 1.54) is 0 Å². The molecule has 1 heterocycles. The topological polar surface area (TPSA) is 71.0 Å². The van der Waals surface area contributed by atoms with Crippen LogP contribution in [0.2, 0.25) is 5.02 Å². The summed E-state index contributed by atoms with van der Waals surface area (Å²) >= 11 is 6.18. The Labute approximate surface area is 198 Å². The number of hydrogen-bond donors (Lipinski definition) is 3. The van der Waals surface area contributed by atoms with Crippen molar-refractivity contribution in [2.24, 2.45) is 0 Å². The van der Waals surface area contributed by atoms with Crippen LogP contribution >= 0.6 is 11.6 Å². The second-order valence-electron chi connectivity index (χ2n) is 8.69. The van der Waals surface area contributed by atoms with Crippen molar-refractivity contribution < 1.29 is 19.7 Å². The van der Waals surface area contributed by atoms with Gasteiger partial charge in [-0.25, -0.2) is 0 Å². The molecule has 5 nitrogen and oxygen atoms in total. The first-order valence-electron chi connectivity index (χ1n) is 11.4. The summed E-state index contributed by atoms with van der Waals surface area (Å²) in [4.78, 5) is 0. The Kier molecular flexibility index (Phi) is 5.83. The number of nitrogens with one attached hydrogen (secondary N) is 1. The monoisotopic (exact) mass is 465 g/mol. The van der Waals surface area contributed by atoms with E-state index < -0.39 is 17.3 Å². The van der Waals surface area contributed by atoms with Crippen LogP contribution in [0.4, 0.5) is 0 Å². The summed E-state index contributed by atoms with van der Waals surface area (Å²) in [6.07, 6.45) is -0.649. The van der Waals surface area contributed by atoms with Crippen molar-refractivity contribution in [3.05, 3.63) is 94.5 Å². The highest BCUT2D eigenvalue weighted by Gasteiger charge is 2.72. The normalized spacial score (nSPS) is 27.6. The van der Waals surface area contributed by atoms with E-state index in [-0.39, 0.29) is 5.92 Å². The van der Waals surface area contributed by atoms with Crippen molar-refractivity contribution in [1.29, 1.82) is 0 Å². The third-order valence-corrected chi connectivity index (χ3v) is 7.16. The highest BCUT2D eigenvalue weighted by molar-refractivity contribution is 6.30. The zero-order chi connectivity index (χ0) is 23.1. The molecule has 0 radical (unpaired) electrons. The van der Waals surface area contributed by atoms with E-state index in [4.69, 9.17) is 21.1 Å². The number of rotatable bonds is 7. The summed E-state index contributed by atoms with van der Waals surface area (Å²) < 4.78 is 12.6. The quantitative estimate of drug-likeness (QED) is 0.452. The first-order valence-corrected chi connectivity index (χ1v) is 11.8. The summed E-state index contributed by atoms with van der Waals surface area (Å²) in [7, 11) is 0. The van der Waals surface area contributed by atoms with Crippen molar-refractivity contribution in [3.8, 4) is 11.5 Å². The largest absolute Gasteiger partial charge is 0.492 e. The van der Waals surface area contributed by atoms with Gasteiger partial charge in [-0.05, 0) is 48.4 Å². The van der Waals surface area contributed by atoms with Gasteiger partial charge in [0.05, 0.1) is 6.10 Å². The zero-order valence-electron chi connectivity index (χ0n) is 18.5. The van der Waals surface area contributed by atoms with Crippen LogP contribution in [-0.4, -0.2) is 36.0 Å². The van der Waals surface area contributed by atoms with E-state index in [1.54, 1.807) is 12.1 Å². The summed E-state index contributed by atoms with van der Waals surface area (Å²) in [6.45, 7) is 4.19. The number of hydrogen-bond acceptors (Lipinski definition) is 5. The molecule has 5 rings (SSSR count). The number of benzene rings is 3. The molecule has 4 unspecified atom stereocenters. The number of halogens is 1. The van der Waals surface area contributed by atoms with Gasteiger partial charge in [-0.3, -0.25) is 0 Å². The first kappa shape index (κ1) is 22.2. The molecule has 1 aliphatic heterocycles. The molecule has 3 aromatic carbocycles. The van der Waals surface area contributed by atoms with Crippen molar-refractivity contribution in [2.75, 3.05) is 19.7 Å². The van der Waals surface area contributed by atoms with E-state index in [2.05, 4.69) is 5.32 Å². The van der Waals surface area contributed by atoms with Crippen LogP contribution in [0.25, 0.3) is 0 Å². The maximum atomic E-state index is 12.2. The molecule has 1 aliphatic carbocycles. The molecule has 2 aliphatic rings. The smallest absolute Gasteiger partial charge is 0.176 e. The van der Waals surface area contributed by atoms with Gasteiger partial charge in [-0.2, -0.15) is 0 Å². The number of likely N-dealkylation sites (N-methyl/N-ethyl adjacent to an activating group) is 1. The van der Waals surface area contributed by atoms with E-state index in [1.807, 2.05) is 67.6 Å². The third-order valence-electron chi connectivity index (χ3n) is 6.91. The van der Waals surface area contributed by atoms with Gasteiger partial charge in [0.2, 0.25) is 0 Å². The van der Waals surface area contributed by atoms with Crippen molar-refractivity contribution in [2.45, 2.75) is 36.6 Å².